The number of nitrogens with zero attached hydrogens (tertiary/aromatic N) is 2. The van der Waals surface area contributed by atoms with Crippen LogP contribution in [0.15, 0.2) is 48.5 Å². The number of aliphatic hydroxyl groups is 1. The molecule has 182 valence electrons. The van der Waals surface area contributed by atoms with E-state index in [0.717, 1.165) is 50.9 Å². The van der Waals surface area contributed by atoms with Gasteiger partial charge in [-0.2, -0.15) is 0 Å². The lowest BCUT2D eigenvalue weighted by Crippen LogP contribution is -2.45. The lowest BCUT2D eigenvalue weighted by molar-refractivity contribution is -0.128. The summed E-state index contributed by atoms with van der Waals surface area (Å²) in [6.07, 6.45) is 5.90. The Balaban J connectivity index is 1.19. The van der Waals surface area contributed by atoms with E-state index in [1.165, 1.54) is 35.9 Å². The highest BCUT2D eigenvalue weighted by atomic mass is 19.2. The number of likely N-dealkylation sites (tertiary alicyclic amines) is 2. The molecular formula is C27H31F3N2O2. The molecule has 2 aromatic carbocycles. The third-order valence-corrected chi connectivity index (χ3v) is 7.13. The van der Waals surface area contributed by atoms with Crippen LogP contribution in [-0.4, -0.2) is 59.6 Å². The second-order valence-electron chi connectivity index (χ2n) is 9.36. The Morgan fingerprint density at radius 2 is 1.62 bits per heavy atom. The molecule has 34 heavy (non-hydrogen) atoms. The maximum atomic E-state index is 13.3. The van der Waals surface area contributed by atoms with Crippen LogP contribution in [0, 0.1) is 23.4 Å². The summed E-state index contributed by atoms with van der Waals surface area (Å²) in [5.41, 5.74) is 1.61. The van der Waals surface area contributed by atoms with E-state index in [1.807, 2.05) is 12.1 Å². The second-order valence-corrected chi connectivity index (χ2v) is 9.36. The largest absolute Gasteiger partial charge is 0.392 e. The average molecular weight is 473 g/mol. The average Bonchev–Trinajstić information content (AvgIpc) is 2.85. The number of benzene rings is 2. The topological polar surface area (TPSA) is 43.8 Å². The van der Waals surface area contributed by atoms with Crippen molar-refractivity contribution in [3.05, 3.63) is 77.1 Å². The zero-order chi connectivity index (χ0) is 24.1. The van der Waals surface area contributed by atoms with E-state index in [2.05, 4.69) is 4.90 Å². The lowest BCUT2D eigenvalue weighted by atomic mass is 9.88. The Morgan fingerprint density at radius 3 is 2.26 bits per heavy atom. The van der Waals surface area contributed by atoms with Gasteiger partial charge in [0.15, 0.2) is 11.6 Å². The number of carbonyl (C=O) groups excluding carboxylic acids is 1. The molecule has 2 aromatic rings. The maximum absolute atomic E-state index is 13.3. The van der Waals surface area contributed by atoms with Crippen molar-refractivity contribution in [2.45, 2.75) is 37.7 Å². The first kappa shape index (κ1) is 24.5. The van der Waals surface area contributed by atoms with Gasteiger partial charge in [0.1, 0.15) is 5.82 Å². The Hall–Kier alpha value is -2.64. The van der Waals surface area contributed by atoms with Gasteiger partial charge in [-0.15, -0.1) is 0 Å². The SMILES string of the molecule is O=C(/C=C/c1ccc(F)c(F)c1)N1CCC(C(O)CN2CCC(c3ccc(F)cc3)CC2)CC1. The van der Waals surface area contributed by atoms with E-state index >= 15 is 0 Å². The first-order chi connectivity index (χ1) is 16.4. The predicted molar refractivity (Wildman–Crippen MR) is 126 cm³/mol. The molecule has 1 amide bonds. The molecule has 4 rings (SSSR count). The van der Waals surface area contributed by atoms with Gasteiger partial charge >= 0.3 is 0 Å². The smallest absolute Gasteiger partial charge is 0.246 e. The molecule has 1 N–H and O–H groups in total. The zero-order valence-electron chi connectivity index (χ0n) is 19.2. The fraction of sp³-hybridized carbons (Fsp3) is 0.444. The summed E-state index contributed by atoms with van der Waals surface area (Å²) in [5, 5.41) is 10.8. The van der Waals surface area contributed by atoms with Gasteiger partial charge in [-0.3, -0.25) is 4.79 Å². The molecule has 2 aliphatic rings. The molecule has 0 saturated carbocycles. The number of hydrogen-bond acceptors (Lipinski definition) is 3. The summed E-state index contributed by atoms with van der Waals surface area (Å²) >= 11 is 0. The van der Waals surface area contributed by atoms with Crippen molar-refractivity contribution < 1.29 is 23.1 Å². The quantitative estimate of drug-likeness (QED) is 0.626. The molecule has 0 spiro atoms. The highest BCUT2D eigenvalue weighted by molar-refractivity contribution is 5.91. The number of aliphatic hydroxyl groups excluding tert-OH is 1. The summed E-state index contributed by atoms with van der Waals surface area (Å²) in [4.78, 5) is 16.5. The van der Waals surface area contributed by atoms with E-state index in [4.69, 9.17) is 0 Å². The van der Waals surface area contributed by atoms with Crippen molar-refractivity contribution in [2.75, 3.05) is 32.7 Å². The van der Waals surface area contributed by atoms with Crippen LogP contribution >= 0.6 is 0 Å². The number of rotatable bonds is 6. The van der Waals surface area contributed by atoms with Crippen LogP contribution in [0.2, 0.25) is 0 Å². The molecule has 2 aliphatic heterocycles. The standard InChI is InChI=1S/C27H31F3N2O2/c28-23-5-3-20(4-6-23)21-9-13-31(14-10-21)18-26(33)22-11-15-32(16-12-22)27(34)8-2-19-1-7-24(29)25(30)17-19/h1-8,17,21-22,26,33H,9-16,18H2/b8-2+. The van der Waals surface area contributed by atoms with Crippen molar-refractivity contribution in [3.8, 4) is 0 Å². The Labute approximate surface area is 198 Å². The maximum Gasteiger partial charge on any atom is 0.246 e. The van der Waals surface area contributed by atoms with Gasteiger partial charge in [-0.1, -0.05) is 18.2 Å². The van der Waals surface area contributed by atoms with E-state index in [9.17, 15) is 23.1 Å². The Morgan fingerprint density at radius 1 is 0.941 bits per heavy atom. The van der Waals surface area contributed by atoms with Crippen molar-refractivity contribution in [2.24, 2.45) is 5.92 Å². The van der Waals surface area contributed by atoms with Gasteiger partial charge in [0.05, 0.1) is 6.10 Å². The molecule has 0 radical (unpaired) electrons. The summed E-state index contributed by atoms with van der Waals surface area (Å²) < 4.78 is 39.5. The van der Waals surface area contributed by atoms with E-state index in [1.54, 1.807) is 4.90 Å². The van der Waals surface area contributed by atoms with Crippen LogP contribution in [-0.2, 0) is 4.79 Å². The molecule has 0 bridgehead atoms. The lowest BCUT2D eigenvalue weighted by Gasteiger charge is -2.38. The summed E-state index contributed by atoms with van der Waals surface area (Å²) in [6.45, 7) is 3.58. The minimum atomic E-state index is -0.941. The summed E-state index contributed by atoms with van der Waals surface area (Å²) in [6, 6.07) is 10.3. The molecule has 1 atom stereocenters. The summed E-state index contributed by atoms with van der Waals surface area (Å²) in [5.74, 6) is -1.65. The normalized spacial score (nSPS) is 19.6. The number of amides is 1. The first-order valence-electron chi connectivity index (χ1n) is 12.0. The number of β-amino-alcohol motifs (C(OH)–C–C–N with tert-alkyl or cyclic N) is 1. The van der Waals surface area contributed by atoms with Crippen molar-refractivity contribution in [1.82, 2.24) is 9.80 Å². The fourth-order valence-corrected chi connectivity index (χ4v) is 4.99. The molecule has 0 aromatic heterocycles. The van der Waals surface area contributed by atoms with E-state index in [0.29, 0.717) is 31.1 Å². The molecule has 1 unspecified atom stereocenters. The molecule has 0 aliphatic carbocycles. The van der Waals surface area contributed by atoms with Gasteiger partial charge < -0.3 is 14.9 Å². The van der Waals surface area contributed by atoms with Crippen LogP contribution < -0.4 is 0 Å². The molecule has 4 nitrogen and oxygen atoms in total. The van der Waals surface area contributed by atoms with Crippen LogP contribution in [0.4, 0.5) is 13.2 Å². The van der Waals surface area contributed by atoms with E-state index < -0.39 is 17.7 Å². The van der Waals surface area contributed by atoms with Crippen LogP contribution in [0.3, 0.4) is 0 Å². The Kier molecular flexibility index (Phi) is 8.06. The number of piperidine rings is 2. The van der Waals surface area contributed by atoms with Crippen LogP contribution in [0.5, 0.6) is 0 Å². The van der Waals surface area contributed by atoms with E-state index in [-0.39, 0.29) is 17.6 Å². The molecule has 2 saturated heterocycles. The van der Waals surface area contributed by atoms with Crippen LogP contribution in [0.1, 0.15) is 42.7 Å². The minimum absolute atomic E-state index is 0.147. The summed E-state index contributed by atoms with van der Waals surface area (Å²) in [7, 11) is 0. The third-order valence-electron chi connectivity index (χ3n) is 7.13. The molecule has 7 heteroatoms. The minimum Gasteiger partial charge on any atom is -0.392 e. The third kappa shape index (κ3) is 6.27. The second kappa shape index (κ2) is 11.2. The monoisotopic (exact) mass is 472 g/mol. The van der Waals surface area contributed by atoms with Crippen LogP contribution in [0.25, 0.3) is 6.08 Å². The van der Waals surface area contributed by atoms with Crippen molar-refractivity contribution in [3.63, 3.8) is 0 Å². The van der Waals surface area contributed by atoms with Gasteiger partial charge in [-0.05, 0) is 92.1 Å². The molecule has 2 heterocycles. The highest BCUT2D eigenvalue weighted by Gasteiger charge is 2.29. The van der Waals surface area contributed by atoms with Crippen molar-refractivity contribution >= 4 is 12.0 Å². The number of halogens is 3. The molecule has 2 fully saturated rings. The van der Waals surface area contributed by atoms with Gasteiger partial charge in [-0.25, -0.2) is 13.2 Å². The highest BCUT2D eigenvalue weighted by Crippen LogP contribution is 2.29. The number of hydrogen-bond donors (Lipinski definition) is 1. The first-order valence-corrected chi connectivity index (χ1v) is 12.0. The van der Waals surface area contributed by atoms with Gasteiger partial charge in [0.2, 0.25) is 5.91 Å². The van der Waals surface area contributed by atoms with Crippen molar-refractivity contribution in [1.29, 1.82) is 0 Å². The number of carbonyl (C=O) groups is 1. The van der Waals surface area contributed by atoms with Gasteiger partial charge in [0, 0.05) is 25.7 Å². The predicted octanol–water partition coefficient (Wildman–Crippen LogP) is 4.60. The van der Waals surface area contributed by atoms with Gasteiger partial charge in [0.25, 0.3) is 0 Å². The zero-order valence-corrected chi connectivity index (χ0v) is 19.2. The fourth-order valence-electron chi connectivity index (χ4n) is 4.99. The molecular weight excluding hydrogens is 441 g/mol. The Bertz CT molecular complexity index is 995.